The predicted octanol–water partition coefficient (Wildman–Crippen LogP) is 2.25. The minimum Gasteiger partial charge on any atom is -0.300 e. The largest absolute Gasteiger partial charge is 0.300 e. The van der Waals surface area contributed by atoms with Gasteiger partial charge < -0.3 is 4.79 Å². The van der Waals surface area contributed by atoms with E-state index in [1.54, 1.807) is 6.07 Å². The first-order chi connectivity index (χ1) is 7.54. The Kier molecular flexibility index (Phi) is 3.90. The molecule has 1 aromatic carbocycles. The van der Waals surface area contributed by atoms with Crippen LogP contribution in [0, 0.1) is 17.1 Å². The second-order valence-corrected chi connectivity index (χ2v) is 3.43. The van der Waals surface area contributed by atoms with E-state index in [-0.39, 0.29) is 35.5 Å². The first-order valence-corrected chi connectivity index (χ1v) is 4.77. The highest BCUT2D eigenvalue weighted by molar-refractivity contribution is 5.98. The van der Waals surface area contributed by atoms with Gasteiger partial charge in [0.2, 0.25) is 0 Å². The third kappa shape index (κ3) is 2.99. The molecule has 0 atom stereocenters. The molecule has 0 bridgehead atoms. The molecule has 1 aromatic rings. The lowest BCUT2D eigenvalue weighted by molar-refractivity contribution is -0.116. The smallest absolute Gasteiger partial charge is 0.163 e. The van der Waals surface area contributed by atoms with E-state index in [1.807, 2.05) is 0 Å². The molecule has 4 heteroatoms. The van der Waals surface area contributed by atoms with E-state index < -0.39 is 5.82 Å². The summed E-state index contributed by atoms with van der Waals surface area (Å²) >= 11 is 0. The monoisotopic (exact) mass is 219 g/mol. The van der Waals surface area contributed by atoms with Gasteiger partial charge in [-0.15, -0.1) is 0 Å². The Bertz CT molecular complexity index is 474. The molecule has 0 spiro atoms. The van der Waals surface area contributed by atoms with Crippen molar-refractivity contribution in [2.45, 2.75) is 19.8 Å². The van der Waals surface area contributed by atoms with Crippen molar-refractivity contribution in [2.24, 2.45) is 0 Å². The molecule has 0 radical (unpaired) electrons. The summed E-state index contributed by atoms with van der Waals surface area (Å²) in [4.78, 5) is 22.2. The van der Waals surface area contributed by atoms with E-state index in [4.69, 9.17) is 5.26 Å². The highest BCUT2D eigenvalue weighted by Gasteiger charge is 2.10. The van der Waals surface area contributed by atoms with Crippen LogP contribution in [0.1, 0.15) is 35.7 Å². The molecule has 0 saturated carbocycles. The number of rotatable bonds is 4. The summed E-state index contributed by atoms with van der Waals surface area (Å²) in [6.07, 6.45) is 0.254. The van der Waals surface area contributed by atoms with Gasteiger partial charge in [0.1, 0.15) is 17.7 Å². The second kappa shape index (κ2) is 5.17. The molecule has 0 heterocycles. The number of benzene rings is 1. The first kappa shape index (κ1) is 12.1. The van der Waals surface area contributed by atoms with Gasteiger partial charge in [0, 0.05) is 18.4 Å². The Labute approximate surface area is 92.5 Å². The molecule has 0 aliphatic carbocycles. The van der Waals surface area contributed by atoms with E-state index in [0.29, 0.717) is 0 Å². The maximum atomic E-state index is 13.0. The number of carbonyl (C=O) groups excluding carboxylic acids is 2. The fourth-order valence-corrected chi connectivity index (χ4v) is 1.22. The lowest BCUT2D eigenvalue weighted by atomic mass is 10.0. The van der Waals surface area contributed by atoms with Gasteiger partial charge in [-0.05, 0) is 25.1 Å². The maximum Gasteiger partial charge on any atom is 0.163 e. The minimum atomic E-state index is -0.648. The lowest BCUT2D eigenvalue weighted by Gasteiger charge is -2.00. The fraction of sp³-hybridized carbons (Fsp3) is 0.250. The van der Waals surface area contributed by atoms with Gasteiger partial charge in [-0.3, -0.25) is 4.79 Å². The second-order valence-electron chi connectivity index (χ2n) is 3.43. The standard InChI is InChI=1S/C12H10FNO2/c1-8(15)2-5-12(16)9-3-4-11(13)10(6-9)7-14/h3-4,6H,2,5H2,1H3. The number of ketones is 2. The summed E-state index contributed by atoms with van der Waals surface area (Å²) in [5, 5.41) is 8.59. The zero-order chi connectivity index (χ0) is 12.1. The number of Topliss-reactive ketones (excluding diaryl/α,β-unsaturated/α-hetero) is 2. The van der Waals surface area contributed by atoms with Gasteiger partial charge in [-0.1, -0.05) is 0 Å². The molecule has 0 unspecified atom stereocenters. The van der Waals surface area contributed by atoms with Crippen LogP contribution < -0.4 is 0 Å². The van der Waals surface area contributed by atoms with Crippen LogP contribution in [-0.2, 0) is 4.79 Å². The van der Waals surface area contributed by atoms with Gasteiger partial charge in [-0.25, -0.2) is 4.39 Å². The molecule has 0 amide bonds. The highest BCUT2D eigenvalue weighted by atomic mass is 19.1. The number of carbonyl (C=O) groups is 2. The molecule has 82 valence electrons. The van der Waals surface area contributed by atoms with Gasteiger partial charge in [0.25, 0.3) is 0 Å². The molecule has 0 aliphatic heterocycles. The average Bonchev–Trinajstić information content (AvgIpc) is 2.26. The number of halogens is 1. The first-order valence-electron chi connectivity index (χ1n) is 4.77. The molecule has 3 nitrogen and oxygen atoms in total. The summed E-state index contributed by atoms with van der Waals surface area (Å²) in [5.41, 5.74) is 0.105. The number of hydrogen-bond donors (Lipinski definition) is 0. The van der Waals surface area contributed by atoms with Crippen molar-refractivity contribution >= 4 is 11.6 Å². The molecule has 1 rings (SSSR count). The van der Waals surface area contributed by atoms with E-state index in [1.165, 1.54) is 19.1 Å². The summed E-state index contributed by atoms with van der Waals surface area (Å²) in [6, 6.07) is 5.27. The Hall–Kier alpha value is -2.02. The molecule has 0 saturated heterocycles. The molecule has 0 aliphatic rings. The number of nitriles is 1. The van der Waals surface area contributed by atoms with Crippen LogP contribution in [-0.4, -0.2) is 11.6 Å². The summed E-state index contributed by atoms with van der Waals surface area (Å²) < 4.78 is 13.0. The molecule has 0 N–H and O–H groups in total. The van der Waals surface area contributed by atoms with Crippen molar-refractivity contribution < 1.29 is 14.0 Å². The van der Waals surface area contributed by atoms with Gasteiger partial charge in [0.15, 0.2) is 5.78 Å². The van der Waals surface area contributed by atoms with Crippen LogP contribution in [0.3, 0.4) is 0 Å². The molecule has 0 aromatic heterocycles. The van der Waals surface area contributed by atoms with Crippen molar-refractivity contribution in [3.8, 4) is 6.07 Å². The summed E-state index contributed by atoms with van der Waals surface area (Å²) in [7, 11) is 0. The van der Waals surface area contributed by atoms with Gasteiger partial charge >= 0.3 is 0 Å². The Morgan fingerprint density at radius 3 is 2.62 bits per heavy atom. The van der Waals surface area contributed by atoms with Crippen molar-refractivity contribution in [3.63, 3.8) is 0 Å². The zero-order valence-electron chi connectivity index (χ0n) is 8.79. The van der Waals surface area contributed by atoms with E-state index in [2.05, 4.69) is 0 Å². The Balaban J connectivity index is 2.85. The van der Waals surface area contributed by atoms with Crippen molar-refractivity contribution in [2.75, 3.05) is 0 Å². The normalized spacial score (nSPS) is 9.56. The predicted molar refractivity (Wildman–Crippen MR) is 55.4 cm³/mol. The molecular formula is C12H10FNO2. The molecular weight excluding hydrogens is 209 g/mol. The average molecular weight is 219 g/mol. The molecule has 16 heavy (non-hydrogen) atoms. The summed E-state index contributed by atoms with van der Waals surface area (Å²) in [6.45, 7) is 1.40. The third-order valence-corrected chi connectivity index (χ3v) is 2.11. The Morgan fingerprint density at radius 2 is 2.06 bits per heavy atom. The zero-order valence-corrected chi connectivity index (χ0v) is 8.79. The summed E-state index contributed by atoms with van der Waals surface area (Å²) in [5.74, 6) is -0.978. The van der Waals surface area contributed by atoms with Crippen LogP contribution in [0.4, 0.5) is 4.39 Å². The lowest BCUT2D eigenvalue weighted by Crippen LogP contribution is -2.03. The maximum absolute atomic E-state index is 13.0. The van der Waals surface area contributed by atoms with Crippen LogP contribution in [0.15, 0.2) is 18.2 Å². The quantitative estimate of drug-likeness (QED) is 0.730. The molecule has 0 fully saturated rings. The SMILES string of the molecule is CC(=O)CCC(=O)c1ccc(F)c(C#N)c1. The van der Waals surface area contributed by atoms with Crippen LogP contribution in [0.2, 0.25) is 0 Å². The van der Waals surface area contributed by atoms with Gasteiger partial charge in [-0.2, -0.15) is 5.26 Å². The van der Waals surface area contributed by atoms with E-state index in [9.17, 15) is 14.0 Å². The van der Waals surface area contributed by atoms with Crippen LogP contribution in [0.25, 0.3) is 0 Å². The van der Waals surface area contributed by atoms with E-state index in [0.717, 1.165) is 6.07 Å². The van der Waals surface area contributed by atoms with E-state index >= 15 is 0 Å². The van der Waals surface area contributed by atoms with Crippen molar-refractivity contribution in [1.82, 2.24) is 0 Å². The third-order valence-electron chi connectivity index (χ3n) is 2.11. The van der Waals surface area contributed by atoms with Gasteiger partial charge in [0.05, 0.1) is 5.56 Å². The highest BCUT2D eigenvalue weighted by Crippen LogP contribution is 2.12. The fourth-order valence-electron chi connectivity index (χ4n) is 1.22. The minimum absolute atomic E-state index is 0.0732. The number of nitrogens with zero attached hydrogens (tertiary/aromatic N) is 1. The topological polar surface area (TPSA) is 57.9 Å². The van der Waals surface area contributed by atoms with Crippen molar-refractivity contribution in [1.29, 1.82) is 5.26 Å². The van der Waals surface area contributed by atoms with Crippen molar-refractivity contribution in [3.05, 3.63) is 35.1 Å². The Morgan fingerprint density at radius 1 is 1.38 bits per heavy atom. The van der Waals surface area contributed by atoms with Crippen LogP contribution in [0.5, 0.6) is 0 Å². The number of hydrogen-bond acceptors (Lipinski definition) is 3. The van der Waals surface area contributed by atoms with Crippen LogP contribution >= 0.6 is 0 Å².